The number of hydrogen-bond donors (Lipinski definition) is 1. The number of nitrogens with one attached hydrogen (secondary N) is 1. The predicted octanol–water partition coefficient (Wildman–Crippen LogP) is 7.82. The molecular weight excluding hydrogens is 470 g/mol. The van der Waals surface area contributed by atoms with Gasteiger partial charge in [-0.1, -0.05) is 91.0 Å². The first-order valence-electron chi connectivity index (χ1n) is 12.8. The van der Waals surface area contributed by atoms with Crippen molar-refractivity contribution in [2.45, 2.75) is 19.1 Å². The van der Waals surface area contributed by atoms with Crippen LogP contribution in [0.25, 0.3) is 32.9 Å². The lowest BCUT2D eigenvalue weighted by molar-refractivity contribution is 0.145. The molecule has 0 radical (unpaired) electrons. The van der Waals surface area contributed by atoms with Crippen molar-refractivity contribution < 1.29 is 9.53 Å². The van der Waals surface area contributed by atoms with Crippen molar-refractivity contribution in [1.29, 1.82) is 0 Å². The molecular formula is C33H25N3O2. The summed E-state index contributed by atoms with van der Waals surface area (Å²) in [6.07, 6.45) is 0.301. The Morgan fingerprint density at radius 3 is 2.45 bits per heavy atom. The first kappa shape index (κ1) is 22.3. The van der Waals surface area contributed by atoms with Crippen LogP contribution in [0.15, 0.2) is 115 Å². The topological polar surface area (TPSA) is 58.2 Å². The summed E-state index contributed by atoms with van der Waals surface area (Å²) in [5.74, 6) is 0.753. The number of carbonyl (C=O) groups is 1. The number of benzene rings is 5. The summed E-state index contributed by atoms with van der Waals surface area (Å²) in [7, 11) is 0. The van der Waals surface area contributed by atoms with Crippen LogP contribution in [0.2, 0.25) is 0 Å². The number of imidazole rings is 1. The molecule has 0 saturated heterocycles. The minimum atomic E-state index is -0.374. The molecule has 184 valence electrons. The molecule has 2 heterocycles. The van der Waals surface area contributed by atoms with Gasteiger partial charge in [-0.25, -0.2) is 9.78 Å². The molecule has 38 heavy (non-hydrogen) atoms. The van der Waals surface area contributed by atoms with Crippen molar-refractivity contribution in [1.82, 2.24) is 9.97 Å². The smallest absolute Gasteiger partial charge is 0.415 e. The van der Waals surface area contributed by atoms with Gasteiger partial charge in [0.1, 0.15) is 18.5 Å². The maximum Gasteiger partial charge on any atom is 0.415 e. The van der Waals surface area contributed by atoms with Crippen LogP contribution in [0.4, 0.5) is 10.5 Å². The summed E-state index contributed by atoms with van der Waals surface area (Å²) in [5, 5.41) is 2.44. The van der Waals surface area contributed by atoms with E-state index in [9.17, 15) is 4.79 Å². The number of nitrogens with zero attached hydrogens (tertiary/aromatic N) is 2. The van der Waals surface area contributed by atoms with Crippen LogP contribution < -0.4 is 4.90 Å². The summed E-state index contributed by atoms with van der Waals surface area (Å²) in [6, 6.07) is 38.6. The lowest BCUT2D eigenvalue weighted by atomic mass is 10.0. The maximum absolute atomic E-state index is 13.4. The van der Waals surface area contributed by atoms with Crippen molar-refractivity contribution in [3.8, 4) is 11.1 Å². The number of aromatic amines is 1. The number of aromatic nitrogens is 2. The molecule has 0 bridgehead atoms. The third-order valence-electron chi connectivity index (χ3n) is 7.28. The van der Waals surface area contributed by atoms with Gasteiger partial charge in [0.25, 0.3) is 0 Å². The zero-order chi connectivity index (χ0) is 25.5. The maximum atomic E-state index is 13.4. The van der Waals surface area contributed by atoms with E-state index >= 15 is 0 Å². The summed E-state index contributed by atoms with van der Waals surface area (Å²) < 4.78 is 5.75. The molecule has 7 rings (SSSR count). The van der Waals surface area contributed by atoms with E-state index in [0.29, 0.717) is 6.42 Å². The highest BCUT2D eigenvalue weighted by Crippen LogP contribution is 2.40. The van der Waals surface area contributed by atoms with Gasteiger partial charge in [0.15, 0.2) is 0 Å². The second kappa shape index (κ2) is 9.20. The van der Waals surface area contributed by atoms with Gasteiger partial charge < -0.3 is 9.72 Å². The van der Waals surface area contributed by atoms with Crippen molar-refractivity contribution in [3.63, 3.8) is 0 Å². The molecule has 0 saturated carbocycles. The number of ether oxygens (including phenoxy) is 1. The Balaban J connectivity index is 1.21. The minimum absolute atomic E-state index is 0.223. The normalized spacial score (nSPS) is 14.6. The monoisotopic (exact) mass is 495 g/mol. The number of carbonyl (C=O) groups excluding carboxylic acids is 1. The van der Waals surface area contributed by atoms with Gasteiger partial charge in [-0.05, 0) is 57.3 Å². The van der Waals surface area contributed by atoms with E-state index in [1.165, 1.54) is 10.8 Å². The van der Waals surface area contributed by atoms with Crippen molar-refractivity contribution in [2.75, 3.05) is 4.90 Å². The van der Waals surface area contributed by atoms with E-state index in [0.717, 1.165) is 44.8 Å². The average Bonchev–Trinajstić information content (AvgIpc) is 3.57. The number of para-hydroxylation sites is 1. The fraction of sp³-hybridized carbons (Fsp3) is 0.0909. The molecule has 1 aliphatic heterocycles. The second-order valence-electron chi connectivity index (χ2n) is 9.67. The molecule has 6 aromatic rings. The molecule has 1 aromatic heterocycles. The molecule has 0 fully saturated rings. The van der Waals surface area contributed by atoms with Gasteiger partial charge in [-0.15, -0.1) is 0 Å². The van der Waals surface area contributed by atoms with Crippen LogP contribution in [-0.4, -0.2) is 16.1 Å². The Labute approximate surface area is 220 Å². The Hall–Kier alpha value is -4.90. The largest absolute Gasteiger partial charge is 0.444 e. The molecule has 1 aliphatic rings. The molecule has 1 atom stereocenters. The average molecular weight is 496 g/mol. The zero-order valence-corrected chi connectivity index (χ0v) is 20.7. The zero-order valence-electron chi connectivity index (χ0n) is 20.7. The van der Waals surface area contributed by atoms with Gasteiger partial charge in [-0.2, -0.15) is 0 Å². The van der Waals surface area contributed by atoms with Gasteiger partial charge in [-0.3, -0.25) is 4.90 Å². The highest BCUT2D eigenvalue weighted by molar-refractivity contribution is 5.92. The lowest BCUT2D eigenvalue weighted by Gasteiger charge is -2.23. The quantitative estimate of drug-likeness (QED) is 0.271. The predicted molar refractivity (Wildman–Crippen MR) is 151 cm³/mol. The van der Waals surface area contributed by atoms with Crippen LogP contribution in [-0.2, 0) is 17.8 Å². The van der Waals surface area contributed by atoms with Gasteiger partial charge in [0.05, 0.1) is 16.7 Å². The minimum Gasteiger partial charge on any atom is -0.444 e. The molecule has 1 N–H and O–H groups in total. The van der Waals surface area contributed by atoms with E-state index in [2.05, 4.69) is 65.6 Å². The number of anilines is 1. The van der Waals surface area contributed by atoms with E-state index < -0.39 is 0 Å². The van der Waals surface area contributed by atoms with E-state index in [1.807, 2.05) is 54.6 Å². The fourth-order valence-electron chi connectivity index (χ4n) is 5.35. The van der Waals surface area contributed by atoms with Crippen LogP contribution in [0.3, 0.4) is 0 Å². The third-order valence-corrected chi connectivity index (χ3v) is 7.28. The number of hydrogen-bond acceptors (Lipinski definition) is 3. The van der Waals surface area contributed by atoms with E-state index in [-0.39, 0.29) is 18.7 Å². The third kappa shape index (κ3) is 3.98. The Morgan fingerprint density at radius 1 is 0.816 bits per heavy atom. The van der Waals surface area contributed by atoms with Gasteiger partial charge >= 0.3 is 6.09 Å². The second-order valence-corrected chi connectivity index (χ2v) is 9.67. The molecule has 5 heteroatoms. The molecule has 0 aliphatic carbocycles. The molecule has 0 spiro atoms. The summed E-state index contributed by atoms with van der Waals surface area (Å²) in [4.78, 5) is 23.6. The highest BCUT2D eigenvalue weighted by atomic mass is 16.6. The van der Waals surface area contributed by atoms with Crippen LogP contribution in [0, 0.1) is 0 Å². The van der Waals surface area contributed by atoms with Gasteiger partial charge in [0.2, 0.25) is 0 Å². The summed E-state index contributed by atoms with van der Waals surface area (Å²) in [6.45, 7) is 0.223. The summed E-state index contributed by atoms with van der Waals surface area (Å²) in [5.41, 5.74) is 7.01. The fourth-order valence-corrected chi connectivity index (χ4v) is 5.35. The van der Waals surface area contributed by atoms with Crippen molar-refractivity contribution in [2.24, 2.45) is 0 Å². The number of fused-ring (bicyclic) bond motifs is 3. The SMILES string of the molecule is O=C(OCc1ccccc1)N1c2ccccc2C[C@H]1c1nc2ccc(-c3ccc4ccccc4c3)cc2[nH]1. The summed E-state index contributed by atoms with van der Waals surface area (Å²) >= 11 is 0. The molecule has 1 amide bonds. The molecule has 5 nitrogen and oxygen atoms in total. The highest BCUT2D eigenvalue weighted by Gasteiger charge is 2.37. The number of amides is 1. The first-order valence-corrected chi connectivity index (χ1v) is 12.8. The van der Waals surface area contributed by atoms with Crippen molar-refractivity contribution in [3.05, 3.63) is 132 Å². The Bertz CT molecular complexity index is 1790. The first-order chi connectivity index (χ1) is 18.7. The van der Waals surface area contributed by atoms with E-state index in [4.69, 9.17) is 9.72 Å². The van der Waals surface area contributed by atoms with Crippen LogP contribution >= 0.6 is 0 Å². The molecule has 0 unspecified atom stereocenters. The number of H-pyrrole nitrogens is 1. The van der Waals surface area contributed by atoms with E-state index in [1.54, 1.807) is 4.90 Å². The van der Waals surface area contributed by atoms with Crippen LogP contribution in [0.1, 0.15) is 23.0 Å². The molecule has 5 aromatic carbocycles. The number of rotatable bonds is 4. The lowest BCUT2D eigenvalue weighted by Crippen LogP contribution is -2.33. The van der Waals surface area contributed by atoms with Crippen LogP contribution in [0.5, 0.6) is 0 Å². The Kier molecular flexibility index (Phi) is 5.40. The van der Waals surface area contributed by atoms with Gasteiger partial charge in [0, 0.05) is 6.42 Å². The standard InChI is InChI=1S/C33H25N3O2/c37-33(38-21-22-8-2-1-3-9-22)36-30-13-7-6-12-27(30)20-31(36)32-34-28-17-16-26(19-29(28)35-32)25-15-14-23-10-4-5-11-24(23)18-25/h1-19,31H,20-21H2,(H,34,35)/t31-/m0/s1. The van der Waals surface area contributed by atoms with Crippen molar-refractivity contribution >= 4 is 33.6 Å². The Morgan fingerprint density at radius 2 is 1.55 bits per heavy atom.